The molecule has 2 aromatic heterocycles. The lowest BCUT2D eigenvalue weighted by molar-refractivity contribution is 0.0600. The quantitative estimate of drug-likeness (QED) is 0.453. The Morgan fingerprint density at radius 3 is 2.55 bits per heavy atom. The molecule has 2 aromatic carbocycles. The number of ether oxygens (including phenoxy) is 1. The number of fused-ring (bicyclic) bond motifs is 1. The van der Waals surface area contributed by atoms with E-state index in [1.807, 2.05) is 24.3 Å². The second-order valence-corrected chi connectivity index (χ2v) is 7.53. The van der Waals surface area contributed by atoms with Crippen molar-refractivity contribution in [2.24, 2.45) is 0 Å². The molecule has 0 fully saturated rings. The zero-order valence-electron chi connectivity index (χ0n) is 15.9. The molecule has 146 valence electrons. The number of hydrogen-bond acceptors (Lipinski definition) is 6. The number of carbonyl (C=O) groups excluding carboxylic acids is 2. The second kappa shape index (κ2) is 7.89. The van der Waals surface area contributed by atoms with Gasteiger partial charge in [-0.05, 0) is 42.0 Å². The zero-order chi connectivity index (χ0) is 20.4. The number of esters is 1. The Morgan fingerprint density at radius 2 is 1.83 bits per heavy atom. The molecule has 4 rings (SSSR count). The lowest BCUT2D eigenvalue weighted by Gasteiger charge is -2.16. The van der Waals surface area contributed by atoms with E-state index in [9.17, 15) is 9.59 Å². The van der Waals surface area contributed by atoms with Gasteiger partial charge in [-0.15, -0.1) is 11.3 Å². The van der Waals surface area contributed by atoms with E-state index in [1.54, 1.807) is 48.3 Å². The topological polar surface area (TPSA) is 72.6 Å². The molecule has 0 atom stereocenters. The van der Waals surface area contributed by atoms with Gasteiger partial charge >= 0.3 is 5.97 Å². The van der Waals surface area contributed by atoms with Gasteiger partial charge in [0.05, 0.1) is 22.9 Å². The molecule has 0 radical (unpaired) electrons. The molecule has 1 amide bonds. The maximum Gasteiger partial charge on any atom is 0.337 e. The summed E-state index contributed by atoms with van der Waals surface area (Å²) in [5.74, 6) is 0.215. The van der Waals surface area contributed by atoms with Crippen molar-refractivity contribution in [3.63, 3.8) is 0 Å². The summed E-state index contributed by atoms with van der Waals surface area (Å²) in [4.78, 5) is 30.4. The highest BCUT2D eigenvalue weighted by molar-refractivity contribution is 7.21. The van der Waals surface area contributed by atoms with Gasteiger partial charge < -0.3 is 14.1 Å². The molecule has 4 aromatic rings. The van der Waals surface area contributed by atoms with Crippen LogP contribution < -0.4 is 0 Å². The van der Waals surface area contributed by atoms with E-state index in [0.29, 0.717) is 17.9 Å². The molecular weight excluding hydrogens is 388 g/mol. The SMILES string of the molecule is COC(=O)c1ccc(CN(C)C(=O)c2ccc(-c3nc4ccccc4s3)o2)cc1. The lowest BCUT2D eigenvalue weighted by atomic mass is 10.1. The summed E-state index contributed by atoms with van der Waals surface area (Å²) < 4.78 is 11.5. The van der Waals surface area contributed by atoms with Gasteiger partial charge in [-0.2, -0.15) is 0 Å². The van der Waals surface area contributed by atoms with E-state index < -0.39 is 0 Å². The molecule has 0 aliphatic carbocycles. The number of amides is 1. The maximum atomic E-state index is 12.7. The molecule has 7 heteroatoms. The molecule has 29 heavy (non-hydrogen) atoms. The van der Waals surface area contributed by atoms with Gasteiger partial charge in [0.15, 0.2) is 16.5 Å². The van der Waals surface area contributed by atoms with Crippen molar-refractivity contribution in [2.75, 3.05) is 14.2 Å². The summed E-state index contributed by atoms with van der Waals surface area (Å²) in [6.45, 7) is 0.386. The fourth-order valence-electron chi connectivity index (χ4n) is 2.94. The van der Waals surface area contributed by atoms with Crippen LogP contribution >= 0.6 is 11.3 Å². The lowest BCUT2D eigenvalue weighted by Crippen LogP contribution is -2.25. The number of thiazole rings is 1. The van der Waals surface area contributed by atoms with Crippen LogP contribution in [0.1, 0.15) is 26.5 Å². The van der Waals surface area contributed by atoms with Crippen LogP contribution in [0.3, 0.4) is 0 Å². The van der Waals surface area contributed by atoms with Crippen LogP contribution in [0.5, 0.6) is 0 Å². The van der Waals surface area contributed by atoms with Crippen LogP contribution in [-0.2, 0) is 11.3 Å². The number of para-hydroxylation sites is 1. The van der Waals surface area contributed by atoms with Crippen molar-refractivity contribution in [3.05, 3.63) is 77.6 Å². The number of rotatable bonds is 5. The fraction of sp³-hybridized carbons (Fsp3) is 0.136. The Labute approximate surface area is 171 Å². The molecule has 0 unspecified atom stereocenters. The molecule has 6 nitrogen and oxygen atoms in total. The molecule has 2 heterocycles. The third-order valence-electron chi connectivity index (χ3n) is 4.46. The third-order valence-corrected chi connectivity index (χ3v) is 5.51. The van der Waals surface area contributed by atoms with Crippen LogP contribution in [0, 0.1) is 0 Å². The normalized spacial score (nSPS) is 10.8. The monoisotopic (exact) mass is 406 g/mol. The molecule has 0 N–H and O–H groups in total. The van der Waals surface area contributed by atoms with Gasteiger partial charge in [0.2, 0.25) is 0 Å². The van der Waals surface area contributed by atoms with Crippen molar-refractivity contribution in [3.8, 4) is 10.8 Å². The minimum Gasteiger partial charge on any atom is -0.465 e. The summed E-state index contributed by atoms with van der Waals surface area (Å²) in [5, 5.41) is 0.742. The van der Waals surface area contributed by atoms with Gasteiger partial charge in [0, 0.05) is 13.6 Å². The van der Waals surface area contributed by atoms with Crippen LogP contribution in [0.4, 0.5) is 0 Å². The summed E-state index contributed by atoms with van der Waals surface area (Å²) in [5.41, 5.74) is 2.27. The second-order valence-electron chi connectivity index (χ2n) is 6.50. The molecular formula is C22H18N2O4S. The summed E-state index contributed by atoms with van der Waals surface area (Å²) >= 11 is 1.52. The predicted octanol–water partition coefficient (Wildman–Crippen LogP) is 4.62. The Kier molecular flexibility index (Phi) is 5.14. The Bertz CT molecular complexity index is 1140. The van der Waals surface area contributed by atoms with E-state index in [4.69, 9.17) is 9.15 Å². The van der Waals surface area contributed by atoms with Gasteiger partial charge in [0.25, 0.3) is 5.91 Å². The average Bonchev–Trinajstić information content (AvgIpc) is 3.40. The molecule has 0 saturated carbocycles. The summed E-state index contributed by atoms with van der Waals surface area (Å²) in [7, 11) is 3.05. The van der Waals surface area contributed by atoms with Crippen molar-refractivity contribution >= 4 is 33.4 Å². The number of aromatic nitrogens is 1. The predicted molar refractivity (Wildman–Crippen MR) is 111 cm³/mol. The first kappa shape index (κ1) is 18.9. The van der Waals surface area contributed by atoms with Crippen LogP contribution in [0.25, 0.3) is 21.0 Å². The number of benzene rings is 2. The van der Waals surface area contributed by atoms with E-state index in [-0.39, 0.29) is 17.6 Å². The van der Waals surface area contributed by atoms with E-state index in [1.165, 1.54) is 18.4 Å². The highest BCUT2D eigenvalue weighted by Crippen LogP contribution is 2.31. The van der Waals surface area contributed by atoms with Crippen LogP contribution in [0.2, 0.25) is 0 Å². The number of furan rings is 1. The van der Waals surface area contributed by atoms with Crippen LogP contribution in [-0.4, -0.2) is 35.9 Å². The van der Waals surface area contributed by atoms with Crippen molar-refractivity contribution in [1.82, 2.24) is 9.88 Å². The Balaban J connectivity index is 1.47. The molecule has 0 bridgehead atoms. The number of carbonyl (C=O) groups is 2. The first-order chi connectivity index (χ1) is 14.0. The summed E-state index contributed by atoms with van der Waals surface area (Å²) in [6.07, 6.45) is 0. The molecule has 0 aliphatic heterocycles. The maximum absolute atomic E-state index is 12.7. The Hall–Kier alpha value is -3.45. The number of nitrogens with zero attached hydrogens (tertiary/aromatic N) is 2. The van der Waals surface area contributed by atoms with E-state index in [0.717, 1.165) is 20.8 Å². The molecule has 0 spiro atoms. The minimum absolute atomic E-state index is 0.227. The van der Waals surface area contributed by atoms with E-state index in [2.05, 4.69) is 4.98 Å². The zero-order valence-corrected chi connectivity index (χ0v) is 16.7. The molecule has 0 aliphatic rings. The molecule has 0 saturated heterocycles. The Morgan fingerprint density at radius 1 is 1.07 bits per heavy atom. The van der Waals surface area contributed by atoms with Crippen molar-refractivity contribution in [1.29, 1.82) is 0 Å². The van der Waals surface area contributed by atoms with Crippen LogP contribution in [0.15, 0.2) is 65.1 Å². The first-order valence-corrected chi connectivity index (χ1v) is 9.75. The van der Waals surface area contributed by atoms with Gasteiger partial charge in [-0.1, -0.05) is 24.3 Å². The standard InChI is InChI=1S/C22H18N2O4S/c1-24(13-14-7-9-15(10-8-14)22(26)27-2)21(25)18-12-11-17(28-18)20-23-16-5-3-4-6-19(16)29-20/h3-12H,13H2,1-2H3. The highest BCUT2D eigenvalue weighted by Gasteiger charge is 2.18. The largest absolute Gasteiger partial charge is 0.465 e. The summed E-state index contributed by atoms with van der Waals surface area (Å²) in [6, 6.07) is 18.2. The van der Waals surface area contributed by atoms with Crippen molar-refractivity contribution in [2.45, 2.75) is 6.54 Å². The third kappa shape index (κ3) is 3.90. The number of methoxy groups -OCH3 is 1. The number of hydrogen-bond donors (Lipinski definition) is 0. The van der Waals surface area contributed by atoms with Gasteiger partial charge in [0.1, 0.15) is 0 Å². The minimum atomic E-state index is -0.390. The highest BCUT2D eigenvalue weighted by atomic mass is 32.1. The van der Waals surface area contributed by atoms with Gasteiger partial charge in [-0.25, -0.2) is 9.78 Å². The average molecular weight is 406 g/mol. The first-order valence-electron chi connectivity index (χ1n) is 8.93. The smallest absolute Gasteiger partial charge is 0.337 e. The van der Waals surface area contributed by atoms with E-state index >= 15 is 0 Å². The van der Waals surface area contributed by atoms with Gasteiger partial charge in [-0.3, -0.25) is 4.79 Å². The fourth-order valence-corrected chi connectivity index (χ4v) is 3.87. The van der Waals surface area contributed by atoms with Crippen molar-refractivity contribution < 1.29 is 18.7 Å².